The molecule has 2 aromatic heterocycles. The fourth-order valence-electron chi connectivity index (χ4n) is 3.14. The van der Waals surface area contributed by atoms with E-state index >= 15 is 0 Å². The third-order valence-corrected chi connectivity index (χ3v) is 5.66. The van der Waals surface area contributed by atoms with Gasteiger partial charge in [0.05, 0.1) is 31.2 Å². The molecule has 2 rings (SSSR count). The largest absolute Gasteiger partial charge is 0.462 e. The molecule has 168 valence electrons. The smallest absolute Gasteiger partial charge is 0.348 e. The Labute approximate surface area is 180 Å². The number of H-pyrrole nitrogens is 1. The summed E-state index contributed by atoms with van der Waals surface area (Å²) in [6.45, 7) is 8.37. The number of aromatic nitrogens is 2. The lowest BCUT2D eigenvalue weighted by Gasteiger charge is -2.24. The minimum Gasteiger partial charge on any atom is -0.462 e. The highest BCUT2D eigenvalue weighted by molar-refractivity contribution is 7.20. The summed E-state index contributed by atoms with van der Waals surface area (Å²) in [5.41, 5.74) is 0.295. The van der Waals surface area contributed by atoms with Gasteiger partial charge in [0.1, 0.15) is 15.5 Å². The van der Waals surface area contributed by atoms with Gasteiger partial charge in [0.25, 0.3) is 5.56 Å². The Kier molecular flexibility index (Phi) is 9.86. The molecule has 0 amide bonds. The van der Waals surface area contributed by atoms with Crippen molar-refractivity contribution in [2.24, 2.45) is 0 Å². The van der Waals surface area contributed by atoms with Gasteiger partial charge in [-0.25, -0.2) is 9.78 Å². The first kappa shape index (κ1) is 24.4. The van der Waals surface area contributed by atoms with Crippen LogP contribution in [-0.2, 0) is 20.8 Å². The molecule has 0 unspecified atom stereocenters. The zero-order valence-corrected chi connectivity index (χ0v) is 18.8. The van der Waals surface area contributed by atoms with E-state index in [4.69, 9.17) is 14.2 Å². The maximum absolute atomic E-state index is 12.7. The number of aryl methyl sites for hydroxylation is 1. The minimum atomic E-state index is -0.651. The lowest BCUT2D eigenvalue weighted by atomic mass is 10.2. The van der Waals surface area contributed by atoms with Crippen molar-refractivity contribution >= 4 is 27.5 Å². The van der Waals surface area contributed by atoms with Gasteiger partial charge in [-0.05, 0) is 32.8 Å². The highest BCUT2D eigenvalue weighted by atomic mass is 32.1. The number of hydrogen-bond donors (Lipinski definition) is 2. The number of aliphatic hydroxyl groups excluding tert-OH is 1. The normalized spacial score (nSPS) is 12.6. The van der Waals surface area contributed by atoms with Crippen LogP contribution < -0.4 is 5.56 Å². The summed E-state index contributed by atoms with van der Waals surface area (Å²) in [7, 11) is 1.64. The van der Waals surface area contributed by atoms with Crippen molar-refractivity contribution < 1.29 is 24.1 Å². The predicted octanol–water partition coefficient (Wildman–Crippen LogP) is 1.71. The second kappa shape index (κ2) is 12.1. The molecule has 2 aromatic rings. The van der Waals surface area contributed by atoms with Crippen molar-refractivity contribution in [3.8, 4) is 0 Å². The van der Waals surface area contributed by atoms with Gasteiger partial charge in [-0.15, -0.1) is 11.3 Å². The maximum atomic E-state index is 12.7. The van der Waals surface area contributed by atoms with Crippen molar-refractivity contribution in [2.45, 2.75) is 39.8 Å². The van der Waals surface area contributed by atoms with E-state index in [9.17, 15) is 14.7 Å². The number of rotatable bonds is 13. The monoisotopic (exact) mass is 441 g/mol. The van der Waals surface area contributed by atoms with Crippen molar-refractivity contribution in [2.75, 3.05) is 46.6 Å². The van der Waals surface area contributed by atoms with E-state index in [0.717, 1.165) is 17.8 Å². The molecule has 0 aliphatic carbocycles. The number of esters is 1. The zero-order valence-electron chi connectivity index (χ0n) is 18.0. The molecule has 10 heteroatoms. The highest BCUT2D eigenvalue weighted by Crippen LogP contribution is 2.27. The Morgan fingerprint density at radius 2 is 2.10 bits per heavy atom. The highest BCUT2D eigenvalue weighted by Gasteiger charge is 2.21. The summed E-state index contributed by atoms with van der Waals surface area (Å²) in [6, 6.07) is 0. The fourth-order valence-corrected chi connectivity index (χ4v) is 4.23. The van der Waals surface area contributed by atoms with Gasteiger partial charge < -0.3 is 24.3 Å². The molecular weight excluding hydrogens is 410 g/mol. The summed E-state index contributed by atoms with van der Waals surface area (Å²) in [4.78, 5) is 35.1. The van der Waals surface area contributed by atoms with E-state index in [2.05, 4.69) is 9.97 Å². The quantitative estimate of drug-likeness (QED) is 0.357. The van der Waals surface area contributed by atoms with Crippen LogP contribution in [0.2, 0.25) is 0 Å². The average Bonchev–Trinajstić information content (AvgIpc) is 3.03. The summed E-state index contributed by atoms with van der Waals surface area (Å²) in [5.74, 6) is 0.0318. The van der Waals surface area contributed by atoms with Crippen molar-refractivity contribution in [1.29, 1.82) is 0 Å². The third kappa shape index (κ3) is 6.58. The van der Waals surface area contributed by atoms with Crippen LogP contribution in [0, 0.1) is 6.92 Å². The van der Waals surface area contributed by atoms with Crippen LogP contribution in [0.1, 0.15) is 41.3 Å². The lowest BCUT2D eigenvalue weighted by molar-refractivity contribution is 0.0177. The number of hydrogen-bond acceptors (Lipinski definition) is 9. The molecule has 0 saturated heterocycles. The Bertz CT molecular complexity index is 881. The maximum Gasteiger partial charge on any atom is 0.348 e. The summed E-state index contributed by atoms with van der Waals surface area (Å²) in [6.07, 6.45) is 0.123. The van der Waals surface area contributed by atoms with E-state index in [-0.39, 0.29) is 18.8 Å². The zero-order chi connectivity index (χ0) is 22.1. The Morgan fingerprint density at radius 1 is 1.33 bits per heavy atom. The van der Waals surface area contributed by atoms with Crippen LogP contribution in [0.5, 0.6) is 0 Å². The molecule has 0 aliphatic heterocycles. The van der Waals surface area contributed by atoms with E-state index in [1.807, 2.05) is 11.8 Å². The lowest BCUT2D eigenvalue weighted by Crippen LogP contribution is -2.36. The Hall–Kier alpha value is -1.85. The van der Waals surface area contributed by atoms with E-state index in [1.165, 1.54) is 0 Å². The van der Waals surface area contributed by atoms with Gasteiger partial charge in [-0.3, -0.25) is 9.69 Å². The molecule has 2 N–H and O–H groups in total. The molecule has 0 saturated carbocycles. The van der Waals surface area contributed by atoms with Crippen LogP contribution in [0.3, 0.4) is 0 Å². The topological polar surface area (TPSA) is 114 Å². The van der Waals surface area contributed by atoms with E-state index in [1.54, 1.807) is 21.0 Å². The molecule has 9 nitrogen and oxygen atoms in total. The summed E-state index contributed by atoms with van der Waals surface area (Å²) >= 11 is 1.16. The first-order valence-corrected chi connectivity index (χ1v) is 10.9. The minimum absolute atomic E-state index is 0.243. The van der Waals surface area contributed by atoms with Gasteiger partial charge in [0, 0.05) is 33.4 Å². The van der Waals surface area contributed by atoms with Crippen molar-refractivity contribution in [3.63, 3.8) is 0 Å². The number of nitrogens with zero attached hydrogens (tertiary/aromatic N) is 2. The molecule has 0 bridgehead atoms. The number of aromatic amines is 1. The molecular formula is C20H31N3O6S. The van der Waals surface area contributed by atoms with Gasteiger partial charge in [-0.1, -0.05) is 0 Å². The van der Waals surface area contributed by atoms with Crippen LogP contribution in [0.25, 0.3) is 10.2 Å². The SMILES string of the molecule is CCOC[C@H](O)CN(CCCOC)Cc1nc2sc(C(=O)OCC)c(C)c2c(=O)[nH]1. The molecule has 30 heavy (non-hydrogen) atoms. The van der Waals surface area contributed by atoms with Crippen LogP contribution in [-0.4, -0.2) is 78.7 Å². The number of nitrogens with one attached hydrogen (secondary N) is 1. The van der Waals surface area contributed by atoms with Crippen LogP contribution in [0.15, 0.2) is 4.79 Å². The number of carbonyl (C=O) groups is 1. The molecule has 0 aliphatic rings. The van der Waals surface area contributed by atoms with E-state index < -0.39 is 12.1 Å². The number of methoxy groups -OCH3 is 1. The number of aliphatic hydroxyl groups is 1. The number of ether oxygens (including phenoxy) is 3. The molecule has 1 atom stereocenters. The van der Waals surface area contributed by atoms with Gasteiger partial charge in [0.2, 0.25) is 0 Å². The first-order chi connectivity index (χ1) is 14.4. The second-order valence-corrected chi connectivity index (χ2v) is 7.86. The van der Waals surface area contributed by atoms with Crippen LogP contribution >= 0.6 is 11.3 Å². The second-order valence-electron chi connectivity index (χ2n) is 6.86. The van der Waals surface area contributed by atoms with Crippen molar-refractivity contribution in [1.82, 2.24) is 14.9 Å². The standard InChI is InChI=1S/C20H31N3O6S/c1-5-28-12-14(24)10-23(8-7-9-27-4)11-15-21-18(25)16-13(3)17(20(26)29-6-2)30-19(16)22-15/h14,24H,5-12H2,1-4H3,(H,21,22,25)/t14-/m1/s1. The Morgan fingerprint density at radius 3 is 2.77 bits per heavy atom. The molecule has 0 fully saturated rings. The van der Waals surface area contributed by atoms with Gasteiger partial charge in [0.15, 0.2) is 0 Å². The van der Waals surface area contributed by atoms with Crippen molar-refractivity contribution in [3.05, 3.63) is 26.6 Å². The number of thiophene rings is 1. The van der Waals surface area contributed by atoms with Crippen LogP contribution in [0.4, 0.5) is 0 Å². The predicted molar refractivity (Wildman–Crippen MR) is 115 cm³/mol. The molecule has 0 aromatic carbocycles. The third-order valence-electron chi connectivity index (χ3n) is 4.49. The average molecular weight is 442 g/mol. The molecule has 0 spiro atoms. The molecule has 0 radical (unpaired) electrons. The number of carbonyl (C=O) groups excluding carboxylic acids is 1. The summed E-state index contributed by atoms with van der Waals surface area (Å²) < 4.78 is 15.5. The fraction of sp³-hybridized carbons (Fsp3) is 0.650. The van der Waals surface area contributed by atoms with Gasteiger partial charge >= 0.3 is 5.97 Å². The Balaban J connectivity index is 2.24. The number of fused-ring (bicyclic) bond motifs is 1. The first-order valence-electron chi connectivity index (χ1n) is 10.1. The molecule has 2 heterocycles. The summed E-state index contributed by atoms with van der Waals surface area (Å²) in [5, 5.41) is 10.6. The van der Waals surface area contributed by atoms with E-state index in [0.29, 0.717) is 59.3 Å². The van der Waals surface area contributed by atoms with Gasteiger partial charge in [-0.2, -0.15) is 0 Å².